The predicted octanol–water partition coefficient (Wildman–Crippen LogP) is 2.85. The summed E-state index contributed by atoms with van der Waals surface area (Å²) in [5.74, 6) is 0.0344. The Morgan fingerprint density at radius 2 is 2.05 bits per heavy atom. The zero-order valence-corrected chi connectivity index (χ0v) is 12.1. The summed E-state index contributed by atoms with van der Waals surface area (Å²) in [4.78, 5) is 24.1. The standard InChI is InChI=1S/C15H20N2O3/c1-15(2,3)17(14(19)20)9-10-4-6-12-11(8-10)5-7-13(18)16-12/h4,6,8H,5,7,9H2,1-3H3,(H,16,18)(H,19,20). The van der Waals surface area contributed by atoms with Crippen molar-refractivity contribution in [2.24, 2.45) is 0 Å². The molecule has 1 aliphatic rings. The molecule has 0 saturated carbocycles. The van der Waals surface area contributed by atoms with Gasteiger partial charge in [-0.15, -0.1) is 0 Å². The SMILES string of the molecule is CC(C)(C)N(Cc1ccc2c(c1)CCC(=O)N2)C(=O)O. The second-order valence-electron chi connectivity index (χ2n) is 6.08. The van der Waals surface area contributed by atoms with Gasteiger partial charge >= 0.3 is 6.09 Å². The van der Waals surface area contributed by atoms with Gasteiger partial charge in [-0.2, -0.15) is 0 Å². The summed E-state index contributed by atoms with van der Waals surface area (Å²) in [7, 11) is 0. The fraction of sp³-hybridized carbons (Fsp3) is 0.467. The molecule has 0 unspecified atom stereocenters. The monoisotopic (exact) mass is 276 g/mol. The Labute approximate surface area is 118 Å². The van der Waals surface area contributed by atoms with E-state index < -0.39 is 11.6 Å². The number of carbonyl (C=O) groups is 2. The highest BCUT2D eigenvalue weighted by Gasteiger charge is 2.26. The molecule has 0 bridgehead atoms. The van der Waals surface area contributed by atoms with Gasteiger partial charge in [-0.3, -0.25) is 9.69 Å². The molecule has 20 heavy (non-hydrogen) atoms. The number of aryl methyl sites for hydroxylation is 1. The van der Waals surface area contributed by atoms with Gasteiger partial charge in [0, 0.05) is 24.2 Å². The smallest absolute Gasteiger partial charge is 0.408 e. The molecule has 0 spiro atoms. The van der Waals surface area contributed by atoms with Crippen LogP contribution in [0.1, 0.15) is 38.3 Å². The number of carbonyl (C=O) groups excluding carboxylic acids is 1. The Morgan fingerprint density at radius 3 is 2.65 bits per heavy atom. The molecule has 2 amide bonds. The molecule has 0 atom stereocenters. The number of fused-ring (bicyclic) bond motifs is 1. The van der Waals surface area contributed by atoms with Crippen LogP contribution in [-0.4, -0.2) is 27.5 Å². The summed E-state index contributed by atoms with van der Waals surface area (Å²) in [5, 5.41) is 12.1. The average Bonchev–Trinajstić information content (AvgIpc) is 2.34. The number of carboxylic acid groups (broad SMARTS) is 1. The lowest BCUT2D eigenvalue weighted by Gasteiger charge is -2.33. The van der Waals surface area contributed by atoms with Crippen LogP contribution in [0.4, 0.5) is 10.5 Å². The van der Waals surface area contributed by atoms with Crippen LogP contribution in [-0.2, 0) is 17.8 Å². The molecule has 5 nitrogen and oxygen atoms in total. The molecule has 0 aromatic heterocycles. The number of nitrogens with one attached hydrogen (secondary N) is 1. The number of hydrogen-bond donors (Lipinski definition) is 2. The first-order valence-electron chi connectivity index (χ1n) is 6.69. The van der Waals surface area contributed by atoms with Crippen LogP contribution in [0.3, 0.4) is 0 Å². The third-order valence-electron chi connectivity index (χ3n) is 3.45. The van der Waals surface area contributed by atoms with Gasteiger partial charge in [-0.05, 0) is 44.4 Å². The summed E-state index contributed by atoms with van der Waals surface area (Å²) in [6.45, 7) is 5.97. The van der Waals surface area contributed by atoms with Crippen molar-refractivity contribution in [2.75, 3.05) is 5.32 Å². The van der Waals surface area contributed by atoms with Gasteiger partial charge in [0.2, 0.25) is 5.91 Å². The summed E-state index contributed by atoms with van der Waals surface area (Å²) in [5.41, 5.74) is 2.40. The van der Waals surface area contributed by atoms with Crippen molar-refractivity contribution >= 4 is 17.7 Å². The molecular formula is C15H20N2O3. The van der Waals surface area contributed by atoms with Crippen LogP contribution in [0, 0.1) is 0 Å². The predicted molar refractivity (Wildman–Crippen MR) is 76.7 cm³/mol. The van der Waals surface area contributed by atoms with Crippen molar-refractivity contribution in [1.82, 2.24) is 4.90 Å². The van der Waals surface area contributed by atoms with Gasteiger partial charge in [0.1, 0.15) is 0 Å². The molecule has 0 fully saturated rings. The quantitative estimate of drug-likeness (QED) is 0.872. The minimum atomic E-state index is -0.927. The minimum Gasteiger partial charge on any atom is -0.465 e. The highest BCUT2D eigenvalue weighted by molar-refractivity contribution is 5.93. The Morgan fingerprint density at radius 1 is 1.35 bits per heavy atom. The molecule has 2 N–H and O–H groups in total. The molecule has 1 aliphatic heterocycles. The molecule has 1 heterocycles. The van der Waals surface area contributed by atoms with Crippen molar-refractivity contribution in [1.29, 1.82) is 0 Å². The van der Waals surface area contributed by atoms with Crippen LogP contribution in [0.2, 0.25) is 0 Å². The first kappa shape index (κ1) is 14.4. The third kappa shape index (κ3) is 3.10. The van der Waals surface area contributed by atoms with E-state index in [1.165, 1.54) is 4.90 Å². The largest absolute Gasteiger partial charge is 0.465 e. The minimum absolute atomic E-state index is 0.0344. The van der Waals surface area contributed by atoms with E-state index in [-0.39, 0.29) is 5.91 Å². The van der Waals surface area contributed by atoms with E-state index in [4.69, 9.17) is 0 Å². The lowest BCUT2D eigenvalue weighted by atomic mass is 9.99. The molecule has 2 rings (SSSR count). The van der Waals surface area contributed by atoms with Crippen molar-refractivity contribution < 1.29 is 14.7 Å². The molecule has 0 radical (unpaired) electrons. The maximum atomic E-state index is 11.4. The van der Waals surface area contributed by atoms with E-state index in [0.717, 1.165) is 16.8 Å². The summed E-state index contributed by atoms with van der Waals surface area (Å²) in [6, 6.07) is 5.70. The molecule has 1 aromatic carbocycles. The van der Waals surface area contributed by atoms with E-state index in [0.29, 0.717) is 19.4 Å². The van der Waals surface area contributed by atoms with Crippen LogP contribution >= 0.6 is 0 Å². The second kappa shape index (κ2) is 5.15. The van der Waals surface area contributed by atoms with E-state index in [9.17, 15) is 14.7 Å². The second-order valence-corrected chi connectivity index (χ2v) is 6.08. The first-order chi connectivity index (χ1) is 9.27. The van der Waals surface area contributed by atoms with Crippen LogP contribution in [0.5, 0.6) is 0 Å². The fourth-order valence-electron chi connectivity index (χ4n) is 2.31. The zero-order chi connectivity index (χ0) is 14.9. The van der Waals surface area contributed by atoms with Gasteiger partial charge < -0.3 is 10.4 Å². The van der Waals surface area contributed by atoms with Gasteiger partial charge in [0.25, 0.3) is 0 Å². The van der Waals surface area contributed by atoms with E-state index in [1.54, 1.807) is 0 Å². The number of rotatable bonds is 2. The average molecular weight is 276 g/mol. The molecule has 108 valence electrons. The highest BCUT2D eigenvalue weighted by Crippen LogP contribution is 2.25. The Balaban J connectivity index is 2.22. The fourth-order valence-corrected chi connectivity index (χ4v) is 2.31. The summed E-state index contributed by atoms with van der Waals surface area (Å²) < 4.78 is 0. The Hall–Kier alpha value is -2.04. The topological polar surface area (TPSA) is 69.6 Å². The first-order valence-corrected chi connectivity index (χ1v) is 6.69. The number of anilines is 1. The highest BCUT2D eigenvalue weighted by atomic mass is 16.4. The maximum Gasteiger partial charge on any atom is 0.408 e. The van der Waals surface area contributed by atoms with Crippen LogP contribution in [0.25, 0.3) is 0 Å². The lowest BCUT2D eigenvalue weighted by molar-refractivity contribution is -0.116. The van der Waals surface area contributed by atoms with Gasteiger partial charge in [0.15, 0.2) is 0 Å². The van der Waals surface area contributed by atoms with Gasteiger partial charge in [-0.25, -0.2) is 4.79 Å². The molecular weight excluding hydrogens is 256 g/mol. The number of amides is 2. The van der Waals surface area contributed by atoms with E-state index in [2.05, 4.69) is 5.32 Å². The zero-order valence-electron chi connectivity index (χ0n) is 12.1. The maximum absolute atomic E-state index is 11.4. The van der Waals surface area contributed by atoms with Crippen molar-refractivity contribution in [3.8, 4) is 0 Å². The lowest BCUT2D eigenvalue weighted by Crippen LogP contribution is -2.44. The van der Waals surface area contributed by atoms with Gasteiger partial charge in [0.05, 0.1) is 0 Å². The number of hydrogen-bond acceptors (Lipinski definition) is 2. The van der Waals surface area contributed by atoms with Crippen molar-refractivity contribution in [3.63, 3.8) is 0 Å². The number of benzene rings is 1. The van der Waals surface area contributed by atoms with Crippen LogP contribution in [0.15, 0.2) is 18.2 Å². The molecule has 0 aliphatic carbocycles. The summed E-state index contributed by atoms with van der Waals surface area (Å²) in [6.07, 6.45) is 0.263. The van der Waals surface area contributed by atoms with Crippen molar-refractivity contribution in [3.05, 3.63) is 29.3 Å². The molecule has 1 aromatic rings. The summed E-state index contributed by atoms with van der Waals surface area (Å²) >= 11 is 0. The number of nitrogens with zero attached hydrogens (tertiary/aromatic N) is 1. The van der Waals surface area contributed by atoms with Crippen molar-refractivity contribution in [2.45, 2.75) is 45.7 Å². The Bertz CT molecular complexity index is 547. The molecule has 0 saturated heterocycles. The normalized spacial score (nSPS) is 14.4. The van der Waals surface area contributed by atoms with E-state index in [1.807, 2.05) is 39.0 Å². The van der Waals surface area contributed by atoms with Crippen LogP contribution < -0.4 is 5.32 Å². The Kier molecular flexibility index (Phi) is 3.70. The third-order valence-corrected chi connectivity index (χ3v) is 3.45. The van der Waals surface area contributed by atoms with E-state index >= 15 is 0 Å². The van der Waals surface area contributed by atoms with Gasteiger partial charge in [-0.1, -0.05) is 12.1 Å². The molecule has 5 heteroatoms.